The van der Waals surface area contributed by atoms with Crippen LogP contribution in [0.1, 0.15) is 48.0 Å². The highest BCUT2D eigenvalue weighted by Crippen LogP contribution is 2.31. The lowest BCUT2D eigenvalue weighted by molar-refractivity contribution is -0.137. The van der Waals surface area contributed by atoms with Crippen molar-refractivity contribution < 1.29 is 18.0 Å². The van der Waals surface area contributed by atoms with Crippen LogP contribution < -0.4 is 5.32 Å². The minimum absolute atomic E-state index is 0.220. The van der Waals surface area contributed by atoms with Crippen LogP contribution in [0.4, 0.5) is 13.2 Å². The Labute approximate surface area is 126 Å². The van der Waals surface area contributed by atoms with E-state index in [1.54, 1.807) is 0 Å². The van der Waals surface area contributed by atoms with Crippen LogP contribution in [0.25, 0.3) is 0 Å². The first-order chi connectivity index (χ1) is 9.86. The fourth-order valence-electron chi connectivity index (χ4n) is 2.64. The van der Waals surface area contributed by atoms with Crippen LogP contribution in [0.3, 0.4) is 0 Å². The van der Waals surface area contributed by atoms with E-state index in [9.17, 15) is 18.0 Å². The number of alkyl halides is 4. The van der Waals surface area contributed by atoms with Gasteiger partial charge in [-0.15, -0.1) is 11.6 Å². The number of carbonyl (C=O) groups excluding carboxylic acids is 1. The summed E-state index contributed by atoms with van der Waals surface area (Å²) in [6, 6.07) is 4.23. The molecule has 0 radical (unpaired) electrons. The molecule has 2 nitrogen and oxygen atoms in total. The van der Waals surface area contributed by atoms with Crippen LogP contribution in [0.5, 0.6) is 0 Å². The van der Waals surface area contributed by atoms with Crippen molar-refractivity contribution in [3.8, 4) is 0 Å². The molecule has 0 aromatic heterocycles. The minimum atomic E-state index is -4.39. The zero-order valence-electron chi connectivity index (χ0n) is 11.5. The number of hydrogen-bond acceptors (Lipinski definition) is 1. The lowest BCUT2D eigenvalue weighted by Crippen LogP contribution is -2.51. The maximum absolute atomic E-state index is 12.5. The quantitative estimate of drug-likeness (QED) is 0.823. The smallest absolute Gasteiger partial charge is 0.345 e. The van der Waals surface area contributed by atoms with Crippen molar-refractivity contribution in [2.24, 2.45) is 0 Å². The Kier molecular flexibility index (Phi) is 4.81. The minimum Gasteiger partial charge on any atom is -0.345 e. The summed E-state index contributed by atoms with van der Waals surface area (Å²) in [4.78, 5) is 12.2. The number of halogens is 4. The van der Waals surface area contributed by atoms with Gasteiger partial charge in [0.05, 0.1) is 11.1 Å². The van der Waals surface area contributed by atoms with Gasteiger partial charge in [-0.1, -0.05) is 19.3 Å². The van der Waals surface area contributed by atoms with Gasteiger partial charge in [-0.2, -0.15) is 13.2 Å². The Morgan fingerprint density at radius 2 is 1.71 bits per heavy atom. The van der Waals surface area contributed by atoms with Crippen LogP contribution in [0.2, 0.25) is 0 Å². The second-order valence-electron chi connectivity index (χ2n) is 5.50. The Bertz CT molecular complexity index is 493. The second kappa shape index (κ2) is 6.26. The third-order valence-corrected chi connectivity index (χ3v) is 4.43. The molecule has 1 N–H and O–H groups in total. The normalized spacial score (nSPS) is 18.3. The summed E-state index contributed by atoms with van der Waals surface area (Å²) in [7, 11) is 0. The number of carbonyl (C=O) groups is 1. The molecule has 1 aromatic rings. The lowest BCUT2D eigenvalue weighted by Gasteiger charge is -2.36. The highest BCUT2D eigenvalue weighted by atomic mass is 35.5. The fraction of sp³-hybridized carbons (Fsp3) is 0.533. The standard InChI is InChI=1S/C15H17ClF3NO/c16-10-14(8-2-1-3-9-14)20-13(21)11-4-6-12(7-5-11)15(17,18)19/h4-7H,1-3,8-10H2,(H,20,21). The number of nitrogens with one attached hydrogen (secondary N) is 1. The van der Waals surface area contributed by atoms with Gasteiger partial charge in [-0.3, -0.25) is 4.79 Å². The van der Waals surface area contributed by atoms with Crippen LogP contribution in [0, 0.1) is 0 Å². The van der Waals surface area contributed by atoms with E-state index < -0.39 is 17.3 Å². The zero-order valence-corrected chi connectivity index (χ0v) is 12.2. The molecule has 0 unspecified atom stereocenters. The van der Waals surface area contributed by atoms with Gasteiger partial charge in [0.2, 0.25) is 0 Å². The van der Waals surface area contributed by atoms with Crippen molar-refractivity contribution in [1.82, 2.24) is 5.32 Å². The van der Waals surface area contributed by atoms with Crippen molar-refractivity contribution in [3.05, 3.63) is 35.4 Å². The van der Waals surface area contributed by atoms with E-state index in [4.69, 9.17) is 11.6 Å². The molecular weight excluding hydrogens is 303 g/mol. The van der Waals surface area contributed by atoms with E-state index >= 15 is 0 Å². The van der Waals surface area contributed by atoms with E-state index in [1.165, 1.54) is 12.1 Å². The van der Waals surface area contributed by atoms with Crippen molar-refractivity contribution in [2.45, 2.75) is 43.8 Å². The van der Waals surface area contributed by atoms with Crippen LogP contribution in [-0.2, 0) is 6.18 Å². The molecule has 0 atom stereocenters. The number of amides is 1. The average molecular weight is 320 g/mol. The predicted octanol–water partition coefficient (Wildman–Crippen LogP) is 4.38. The van der Waals surface area contributed by atoms with Gasteiger partial charge in [-0.25, -0.2) is 0 Å². The molecule has 1 aliphatic carbocycles. The van der Waals surface area contributed by atoms with Gasteiger partial charge in [0.1, 0.15) is 0 Å². The molecule has 116 valence electrons. The largest absolute Gasteiger partial charge is 0.416 e. The van der Waals surface area contributed by atoms with E-state index in [-0.39, 0.29) is 11.5 Å². The van der Waals surface area contributed by atoms with Crippen molar-refractivity contribution >= 4 is 17.5 Å². The molecule has 0 bridgehead atoms. The predicted molar refractivity (Wildman–Crippen MR) is 75.4 cm³/mol. The fourth-order valence-corrected chi connectivity index (χ4v) is 2.98. The molecular formula is C15H17ClF3NO. The van der Waals surface area contributed by atoms with Gasteiger partial charge in [0.15, 0.2) is 0 Å². The van der Waals surface area contributed by atoms with Gasteiger partial charge < -0.3 is 5.32 Å². The number of hydrogen-bond donors (Lipinski definition) is 1. The van der Waals surface area contributed by atoms with E-state index in [2.05, 4.69) is 5.32 Å². The Morgan fingerprint density at radius 1 is 1.14 bits per heavy atom. The molecule has 1 aliphatic rings. The molecule has 0 heterocycles. The number of rotatable bonds is 3. The summed E-state index contributed by atoms with van der Waals surface area (Å²) >= 11 is 5.99. The van der Waals surface area contributed by atoms with Crippen LogP contribution in [0.15, 0.2) is 24.3 Å². The van der Waals surface area contributed by atoms with Crippen LogP contribution in [-0.4, -0.2) is 17.3 Å². The summed E-state index contributed by atoms with van der Waals surface area (Å²) in [5, 5.41) is 2.90. The van der Waals surface area contributed by atoms with E-state index in [1.807, 2.05) is 0 Å². The topological polar surface area (TPSA) is 29.1 Å². The molecule has 2 rings (SSSR count). The van der Waals surface area contributed by atoms with E-state index in [0.717, 1.165) is 44.2 Å². The molecule has 0 aliphatic heterocycles. The van der Waals surface area contributed by atoms with Crippen molar-refractivity contribution in [2.75, 3.05) is 5.88 Å². The lowest BCUT2D eigenvalue weighted by atomic mass is 9.83. The van der Waals surface area contributed by atoms with Crippen molar-refractivity contribution in [3.63, 3.8) is 0 Å². The third kappa shape index (κ3) is 3.90. The monoisotopic (exact) mass is 319 g/mol. The maximum Gasteiger partial charge on any atom is 0.416 e. The van der Waals surface area contributed by atoms with Gasteiger partial charge in [0.25, 0.3) is 5.91 Å². The Hall–Kier alpha value is -1.23. The second-order valence-corrected chi connectivity index (χ2v) is 5.77. The van der Waals surface area contributed by atoms with E-state index in [0.29, 0.717) is 5.88 Å². The molecule has 6 heteroatoms. The molecule has 1 saturated carbocycles. The molecule has 0 spiro atoms. The molecule has 1 amide bonds. The highest BCUT2D eigenvalue weighted by molar-refractivity contribution is 6.19. The molecule has 21 heavy (non-hydrogen) atoms. The van der Waals surface area contributed by atoms with Gasteiger partial charge in [0, 0.05) is 11.4 Å². The summed E-state index contributed by atoms with van der Waals surface area (Å²) in [6.45, 7) is 0. The van der Waals surface area contributed by atoms with Crippen molar-refractivity contribution in [1.29, 1.82) is 0 Å². The molecule has 1 aromatic carbocycles. The summed E-state index contributed by atoms with van der Waals surface area (Å²) < 4.78 is 37.5. The zero-order chi connectivity index (χ0) is 15.5. The molecule has 0 saturated heterocycles. The van der Waals surface area contributed by atoms with Crippen LogP contribution >= 0.6 is 11.6 Å². The summed E-state index contributed by atoms with van der Waals surface area (Å²) in [6.07, 6.45) is 0.344. The first kappa shape index (κ1) is 16.1. The first-order valence-electron chi connectivity index (χ1n) is 6.92. The Balaban J connectivity index is 2.09. The summed E-state index contributed by atoms with van der Waals surface area (Å²) in [5.74, 6) is -0.0504. The third-order valence-electron chi connectivity index (χ3n) is 3.92. The van der Waals surface area contributed by atoms with Gasteiger partial charge >= 0.3 is 6.18 Å². The highest BCUT2D eigenvalue weighted by Gasteiger charge is 2.33. The first-order valence-corrected chi connectivity index (χ1v) is 7.45. The average Bonchev–Trinajstić information content (AvgIpc) is 2.47. The Morgan fingerprint density at radius 3 is 2.19 bits per heavy atom. The number of benzene rings is 1. The summed E-state index contributed by atoms with van der Waals surface area (Å²) in [5.41, 5.74) is -0.971. The maximum atomic E-state index is 12.5. The molecule has 1 fully saturated rings. The van der Waals surface area contributed by atoms with Gasteiger partial charge in [-0.05, 0) is 37.1 Å². The SMILES string of the molecule is O=C(NC1(CCl)CCCCC1)c1ccc(C(F)(F)F)cc1.